The molecule has 0 aliphatic heterocycles. The molecule has 4 N–H and O–H groups in total. The predicted molar refractivity (Wildman–Crippen MR) is 98.0 cm³/mol. The summed E-state index contributed by atoms with van der Waals surface area (Å²) in [7, 11) is 0. The molecule has 0 bridgehead atoms. The topological polar surface area (TPSA) is 74.8 Å². The number of amides is 3. The molecule has 2 aromatic carbocycles. The fraction of sp³-hybridized carbons (Fsp3) is 0.300. The molecule has 0 heterocycles. The molecule has 0 spiro atoms. The number of hydrogen-bond acceptors (Lipinski definition) is 2. The van der Waals surface area contributed by atoms with Crippen LogP contribution in [-0.4, -0.2) is 25.0 Å². The Bertz CT molecular complexity index is 674. The monoisotopic (exact) mass is 340 g/mol. The lowest BCUT2D eigenvalue weighted by molar-refractivity contribution is -0.684. The molecule has 0 aliphatic carbocycles. The Morgan fingerprint density at radius 2 is 1.52 bits per heavy atom. The van der Waals surface area contributed by atoms with E-state index in [-0.39, 0.29) is 5.91 Å². The van der Waals surface area contributed by atoms with Crippen LogP contribution in [0.4, 0.5) is 4.79 Å². The molecule has 0 aliphatic rings. The highest BCUT2D eigenvalue weighted by atomic mass is 16.2. The highest BCUT2D eigenvalue weighted by Crippen LogP contribution is 2.13. The summed E-state index contributed by atoms with van der Waals surface area (Å²) in [4.78, 5) is 24.3. The standard InChI is InChI=1S/C20H25N3O2/c1-3-21-20(25)23-19(24)18(17-12-8-5-9-13-17)22-14-15(2)16-10-6-4-7-11-16/h4-13,15,18,22H,3,14H2,1-2H3,(H2,21,23,24,25)/p+1/t15-,18+/m0/s1. The second-order valence-corrected chi connectivity index (χ2v) is 6.02. The van der Waals surface area contributed by atoms with Crippen molar-refractivity contribution in [3.8, 4) is 0 Å². The molecule has 0 unspecified atom stereocenters. The van der Waals surface area contributed by atoms with E-state index in [9.17, 15) is 9.59 Å². The number of urea groups is 1. The maximum atomic E-state index is 12.6. The van der Waals surface area contributed by atoms with Crippen molar-refractivity contribution in [3.05, 3.63) is 71.8 Å². The van der Waals surface area contributed by atoms with E-state index >= 15 is 0 Å². The molecular weight excluding hydrogens is 314 g/mol. The van der Waals surface area contributed by atoms with Gasteiger partial charge in [0.1, 0.15) is 0 Å². The highest BCUT2D eigenvalue weighted by molar-refractivity contribution is 5.96. The van der Waals surface area contributed by atoms with Gasteiger partial charge in [0, 0.05) is 18.0 Å². The predicted octanol–water partition coefficient (Wildman–Crippen LogP) is 1.94. The molecule has 0 saturated heterocycles. The van der Waals surface area contributed by atoms with Gasteiger partial charge in [-0.2, -0.15) is 0 Å². The summed E-state index contributed by atoms with van der Waals surface area (Å²) in [6, 6.07) is 18.8. The normalized spacial score (nSPS) is 12.9. The quantitative estimate of drug-likeness (QED) is 0.720. The molecule has 132 valence electrons. The lowest BCUT2D eigenvalue weighted by atomic mass is 10.00. The second-order valence-electron chi connectivity index (χ2n) is 6.02. The zero-order valence-electron chi connectivity index (χ0n) is 14.7. The minimum Gasteiger partial charge on any atom is -0.338 e. The minimum atomic E-state index is -0.463. The van der Waals surface area contributed by atoms with Crippen LogP contribution in [0.5, 0.6) is 0 Å². The number of benzene rings is 2. The van der Waals surface area contributed by atoms with Crippen molar-refractivity contribution in [1.29, 1.82) is 0 Å². The third-order valence-electron chi connectivity index (χ3n) is 4.11. The smallest absolute Gasteiger partial charge is 0.321 e. The second kappa shape index (κ2) is 9.59. The SMILES string of the molecule is CCNC(=O)NC(=O)[C@H]([NH2+]C[C@H](C)c1ccccc1)c1ccccc1. The van der Waals surface area contributed by atoms with Crippen molar-refractivity contribution in [3.63, 3.8) is 0 Å². The maximum absolute atomic E-state index is 12.6. The zero-order chi connectivity index (χ0) is 18.1. The Hall–Kier alpha value is -2.66. The van der Waals surface area contributed by atoms with Gasteiger partial charge in [-0.15, -0.1) is 0 Å². The molecule has 25 heavy (non-hydrogen) atoms. The lowest BCUT2D eigenvalue weighted by Crippen LogP contribution is -2.88. The van der Waals surface area contributed by atoms with Crippen LogP contribution < -0.4 is 16.0 Å². The largest absolute Gasteiger partial charge is 0.338 e. The number of imide groups is 1. The first-order chi connectivity index (χ1) is 12.1. The fourth-order valence-electron chi connectivity index (χ4n) is 2.71. The molecule has 0 saturated carbocycles. The Balaban J connectivity index is 2.07. The Kier molecular flexibility index (Phi) is 7.16. The van der Waals surface area contributed by atoms with Crippen LogP contribution in [0.15, 0.2) is 60.7 Å². The first-order valence-corrected chi connectivity index (χ1v) is 8.63. The molecule has 0 fully saturated rings. The van der Waals surface area contributed by atoms with E-state index in [1.807, 2.05) is 60.8 Å². The number of carbonyl (C=O) groups is 2. The van der Waals surface area contributed by atoms with Gasteiger partial charge >= 0.3 is 6.03 Å². The van der Waals surface area contributed by atoms with Gasteiger partial charge in [0.2, 0.25) is 0 Å². The van der Waals surface area contributed by atoms with Crippen LogP contribution in [-0.2, 0) is 4.79 Å². The molecular formula is C20H26N3O2+. The van der Waals surface area contributed by atoms with Crippen LogP contribution in [0.2, 0.25) is 0 Å². The van der Waals surface area contributed by atoms with Crippen LogP contribution in [0.1, 0.15) is 36.9 Å². The Labute approximate surface area is 148 Å². The van der Waals surface area contributed by atoms with E-state index in [4.69, 9.17) is 0 Å². The van der Waals surface area contributed by atoms with Gasteiger partial charge in [0.05, 0.1) is 6.54 Å². The molecule has 5 heteroatoms. The average molecular weight is 340 g/mol. The van der Waals surface area contributed by atoms with Gasteiger partial charge in [-0.3, -0.25) is 10.1 Å². The number of rotatable bonds is 7. The van der Waals surface area contributed by atoms with Gasteiger partial charge in [-0.1, -0.05) is 67.6 Å². The lowest BCUT2D eigenvalue weighted by Gasteiger charge is -2.18. The number of carbonyl (C=O) groups excluding carboxylic acids is 2. The summed E-state index contributed by atoms with van der Waals surface area (Å²) in [5, 5.41) is 7.00. The Morgan fingerprint density at radius 1 is 0.960 bits per heavy atom. The summed E-state index contributed by atoms with van der Waals surface area (Å²) >= 11 is 0. The minimum absolute atomic E-state index is 0.296. The van der Waals surface area contributed by atoms with Crippen molar-refractivity contribution in [2.24, 2.45) is 0 Å². The molecule has 2 rings (SSSR count). The van der Waals surface area contributed by atoms with E-state index in [2.05, 4.69) is 29.7 Å². The molecule has 2 aromatic rings. The highest BCUT2D eigenvalue weighted by Gasteiger charge is 2.26. The van der Waals surface area contributed by atoms with E-state index in [0.29, 0.717) is 12.5 Å². The van der Waals surface area contributed by atoms with E-state index in [1.54, 1.807) is 0 Å². The van der Waals surface area contributed by atoms with E-state index in [0.717, 1.165) is 12.1 Å². The number of nitrogens with two attached hydrogens (primary N) is 1. The first-order valence-electron chi connectivity index (χ1n) is 8.63. The molecule has 0 aromatic heterocycles. The molecule has 0 radical (unpaired) electrons. The third-order valence-corrected chi connectivity index (χ3v) is 4.11. The molecule has 2 atom stereocenters. The van der Waals surface area contributed by atoms with Crippen LogP contribution in [0, 0.1) is 0 Å². The number of nitrogens with one attached hydrogen (secondary N) is 2. The fourth-order valence-corrected chi connectivity index (χ4v) is 2.71. The summed E-state index contributed by atoms with van der Waals surface area (Å²) in [6.45, 7) is 5.16. The summed E-state index contributed by atoms with van der Waals surface area (Å²) in [6.07, 6.45) is 0. The first kappa shape index (κ1) is 18.7. The van der Waals surface area contributed by atoms with Crippen LogP contribution in [0.25, 0.3) is 0 Å². The van der Waals surface area contributed by atoms with Crippen molar-refractivity contribution < 1.29 is 14.9 Å². The molecule has 5 nitrogen and oxygen atoms in total. The number of hydrogen-bond donors (Lipinski definition) is 3. The van der Waals surface area contributed by atoms with Gasteiger partial charge in [0.25, 0.3) is 5.91 Å². The van der Waals surface area contributed by atoms with Gasteiger partial charge in [0.15, 0.2) is 6.04 Å². The molecule has 3 amide bonds. The van der Waals surface area contributed by atoms with Crippen molar-refractivity contribution in [1.82, 2.24) is 10.6 Å². The van der Waals surface area contributed by atoms with E-state index in [1.165, 1.54) is 5.56 Å². The van der Waals surface area contributed by atoms with Crippen molar-refractivity contribution >= 4 is 11.9 Å². The average Bonchev–Trinajstić information content (AvgIpc) is 2.63. The summed E-state index contributed by atoms with van der Waals surface area (Å²) in [5.41, 5.74) is 2.11. The zero-order valence-corrected chi connectivity index (χ0v) is 14.7. The van der Waals surface area contributed by atoms with Crippen LogP contribution >= 0.6 is 0 Å². The van der Waals surface area contributed by atoms with Gasteiger partial charge < -0.3 is 10.6 Å². The van der Waals surface area contributed by atoms with E-state index < -0.39 is 12.1 Å². The van der Waals surface area contributed by atoms with Gasteiger partial charge in [-0.25, -0.2) is 4.79 Å². The third kappa shape index (κ3) is 5.72. The number of quaternary nitrogens is 1. The van der Waals surface area contributed by atoms with Crippen LogP contribution in [0.3, 0.4) is 0 Å². The van der Waals surface area contributed by atoms with Crippen molar-refractivity contribution in [2.45, 2.75) is 25.8 Å². The maximum Gasteiger partial charge on any atom is 0.321 e. The Morgan fingerprint density at radius 3 is 2.08 bits per heavy atom. The van der Waals surface area contributed by atoms with Crippen molar-refractivity contribution in [2.75, 3.05) is 13.1 Å². The summed E-state index contributed by atoms with van der Waals surface area (Å²) < 4.78 is 0. The summed E-state index contributed by atoms with van der Waals surface area (Å²) in [5.74, 6) is -0.0120. The van der Waals surface area contributed by atoms with Gasteiger partial charge in [-0.05, 0) is 12.5 Å².